The van der Waals surface area contributed by atoms with Crippen molar-refractivity contribution in [3.8, 4) is 0 Å². The lowest BCUT2D eigenvalue weighted by Crippen LogP contribution is -2.26. The van der Waals surface area contributed by atoms with Crippen LogP contribution in [0.2, 0.25) is 0 Å². The Kier molecular flexibility index (Phi) is 8.77. The summed E-state index contributed by atoms with van der Waals surface area (Å²) in [6, 6.07) is 31.1. The molecule has 12 heteroatoms. The van der Waals surface area contributed by atoms with Gasteiger partial charge in [0.15, 0.2) is 15.5 Å². The first-order valence-electron chi connectivity index (χ1n) is 15.0. The normalized spacial score (nSPS) is 18.3. The van der Waals surface area contributed by atoms with Crippen LogP contribution in [0.1, 0.15) is 71.2 Å². The van der Waals surface area contributed by atoms with Crippen molar-refractivity contribution in [2.45, 2.75) is 72.1 Å². The van der Waals surface area contributed by atoms with E-state index < -0.39 is 0 Å². The van der Waals surface area contributed by atoms with E-state index in [-0.39, 0.29) is 17.8 Å². The number of hydrogen-bond acceptors (Lipinski definition) is 9. The van der Waals surface area contributed by atoms with Crippen molar-refractivity contribution < 1.29 is 0 Å². The molecule has 7 rings (SSSR count). The van der Waals surface area contributed by atoms with E-state index in [1.54, 1.807) is 0 Å². The molecule has 0 N–H and O–H groups in total. The molecule has 1 fully saturated rings. The topological polar surface area (TPSA) is 92.1 Å². The van der Waals surface area contributed by atoms with Gasteiger partial charge in [0, 0.05) is 17.8 Å². The highest BCUT2D eigenvalue weighted by Crippen LogP contribution is 2.47. The minimum absolute atomic E-state index is 0.0707. The quantitative estimate of drug-likeness (QED) is 0.159. The van der Waals surface area contributed by atoms with Gasteiger partial charge in [-0.2, -0.15) is 0 Å². The fourth-order valence-corrected chi connectivity index (χ4v) is 7.18. The maximum absolute atomic E-state index is 4.72. The highest BCUT2D eigenvalue weighted by molar-refractivity contribution is 7.80. The van der Waals surface area contributed by atoms with Crippen molar-refractivity contribution in [2.75, 3.05) is 0 Å². The number of benzene rings is 3. The second kappa shape index (κ2) is 13.2. The number of thiol groups is 3. The summed E-state index contributed by atoms with van der Waals surface area (Å²) in [5, 5.41) is 29.2. The summed E-state index contributed by atoms with van der Waals surface area (Å²) >= 11 is 14.2. The molecule has 6 aromatic rings. The van der Waals surface area contributed by atoms with Gasteiger partial charge in [0.2, 0.25) is 0 Å². The van der Waals surface area contributed by atoms with Gasteiger partial charge >= 0.3 is 0 Å². The highest BCUT2D eigenvalue weighted by Gasteiger charge is 2.39. The molecule has 45 heavy (non-hydrogen) atoms. The van der Waals surface area contributed by atoms with Crippen LogP contribution in [-0.2, 0) is 19.6 Å². The fraction of sp³-hybridized carbons (Fsp3) is 0.273. The van der Waals surface area contributed by atoms with Gasteiger partial charge in [0.05, 0.1) is 19.6 Å². The molecule has 3 aromatic heterocycles. The summed E-state index contributed by atoms with van der Waals surface area (Å²) in [7, 11) is 0. The molecule has 0 aliphatic heterocycles. The van der Waals surface area contributed by atoms with Crippen molar-refractivity contribution in [1.82, 2.24) is 44.3 Å². The molecule has 0 unspecified atom stereocenters. The van der Waals surface area contributed by atoms with Crippen molar-refractivity contribution in [1.29, 1.82) is 0 Å². The average Bonchev–Trinajstić information content (AvgIpc) is 3.75. The zero-order valence-corrected chi connectivity index (χ0v) is 27.2. The summed E-state index contributed by atoms with van der Waals surface area (Å²) in [6.45, 7) is 1.93. The van der Waals surface area contributed by atoms with Crippen molar-refractivity contribution >= 4 is 37.9 Å². The first-order valence-corrected chi connectivity index (χ1v) is 16.4. The van der Waals surface area contributed by atoms with Crippen LogP contribution in [0.15, 0.2) is 106 Å². The molecule has 1 aliphatic carbocycles. The third kappa shape index (κ3) is 6.45. The van der Waals surface area contributed by atoms with Crippen LogP contribution in [0, 0.1) is 0 Å². The van der Waals surface area contributed by atoms with Crippen LogP contribution < -0.4 is 0 Å². The molecule has 0 radical (unpaired) electrons. The molecular weight excluding hydrogens is 619 g/mol. The Labute approximate surface area is 278 Å². The van der Waals surface area contributed by atoms with E-state index in [2.05, 4.69) is 65.4 Å². The predicted molar refractivity (Wildman–Crippen MR) is 181 cm³/mol. The van der Waals surface area contributed by atoms with E-state index in [0.717, 1.165) is 36.7 Å². The number of nitrogens with zero attached hydrogens (tertiary/aromatic N) is 9. The van der Waals surface area contributed by atoms with E-state index >= 15 is 0 Å². The van der Waals surface area contributed by atoms with E-state index in [0.29, 0.717) is 35.1 Å². The fourth-order valence-electron chi connectivity index (χ4n) is 6.53. The molecular formula is C33H33N9S3. The highest BCUT2D eigenvalue weighted by atomic mass is 32.1. The molecule has 9 nitrogen and oxygen atoms in total. The third-order valence-electron chi connectivity index (χ3n) is 8.63. The smallest absolute Gasteiger partial charge is 0.188 e. The first kappa shape index (κ1) is 29.8. The Morgan fingerprint density at radius 2 is 0.689 bits per heavy atom. The summed E-state index contributed by atoms with van der Waals surface area (Å²) in [4.78, 5) is 0. The van der Waals surface area contributed by atoms with E-state index in [1.165, 1.54) is 16.7 Å². The molecule has 0 atom stereocenters. The van der Waals surface area contributed by atoms with E-state index in [4.69, 9.17) is 53.2 Å². The van der Waals surface area contributed by atoms with Gasteiger partial charge < -0.3 is 13.7 Å². The van der Waals surface area contributed by atoms with Crippen LogP contribution >= 0.6 is 37.9 Å². The molecule has 0 saturated heterocycles. The van der Waals surface area contributed by atoms with Crippen molar-refractivity contribution in [3.05, 3.63) is 125 Å². The van der Waals surface area contributed by atoms with Crippen LogP contribution in [0.3, 0.4) is 0 Å². The SMILES string of the molecule is Sc1nnc(C2CC(c3nnc(S)n3Cc3ccccc3)CC(c3nnc(S)n3Cc3ccccc3)C2)n1Cc1ccccc1. The van der Waals surface area contributed by atoms with Crippen molar-refractivity contribution in [3.63, 3.8) is 0 Å². The minimum atomic E-state index is 0.0707. The Morgan fingerprint density at radius 1 is 0.422 bits per heavy atom. The Balaban J connectivity index is 1.27. The lowest BCUT2D eigenvalue weighted by Gasteiger charge is -2.34. The number of rotatable bonds is 9. The third-order valence-corrected chi connectivity index (χ3v) is 9.63. The second-order valence-electron chi connectivity index (χ2n) is 11.6. The van der Waals surface area contributed by atoms with Gasteiger partial charge in [-0.15, -0.1) is 68.5 Å². The maximum atomic E-state index is 4.72. The summed E-state index contributed by atoms with van der Waals surface area (Å²) in [5.41, 5.74) is 3.51. The standard InChI is InChI=1S/C33H33N9S3/c43-31-37-34-28(40(31)19-22-10-4-1-5-11-22)25-16-26(29-35-38-32(44)41(29)20-23-12-6-2-7-13-23)18-27(17-25)30-36-39-33(45)42(30)21-24-14-8-3-9-15-24/h1-15,25-27H,16-21H2,(H,37,43)(H,38,44)(H,39,45). The van der Waals surface area contributed by atoms with E-state index in [1.807, 2.05) is 54.6 Å². The van der Waals surface area contributed by atoms with Gasteiger partial charge in [0.25, 0.3) is 0 Å². The summed E-state index contributed by atoms with van der Waals surface area (Å²) < 4.78 is 6.38. The molecule has 0 bridgehead atoms. The zero-order chi connectivity index (χ0) is 30.8. The van der Waals surface area contributed by atoms with Crippen LogP contribution in [0.4, 0.5) is 0 Å². The average molecular weight is 652 g/mol. The summed E-state index contributed by atoms with van der Waals surface area (Å²) in [5.74, 6) is 2.96. The van der Waals surface area contributed by atoms with Crippen LogP contribution in [-0.4, -0.2) is 44.3 Å². The van der Waals surface area contributed by atoms with Gasteiger partial charge in [-0.1, -0.05) is 91.0 Å². The monoisotopic (exact) mass is 651 g/mol. The molecule has 1 saturated carbocycles. The molecule has 0 spiro atoms. The molecule has 0 amide bonds. The molecule has 1 aliphatic rings. The maximum Gasteiger partial charge on any atom is 0.188 e. The van der Waals surface area contributed by atoms with Gasteiger partial charge in [-0.3, -0.25) is 0 Å². The molecule has 228 valence electrons. The van der Waals surface area contributed by atoms with Gasteiger partial charge in [-0.25, -0.2) is 0 Å². The largest absolute Gasteiger partial charge is 0.302 e. The lowest BCUT2D eigenvalue weighted by atomic mass is 9.74. The Morgan fingerprint density at radius 3 is 0.956 bits per heavy atom. The van der Waals surface area contributed by atoms with Gasteiger partial charge in [0.1, 0.15) is 17.5 Å². The van der Waals surface area contributed by atoms with Crippen LogP contribution in [0.25, 0.3) is 0 Å². The predicted octanol–water partition coefficient (Wildman–Crippen LogP) is 6.31. The number of hydrogen-bond donors (Lipinski definition) is 3. The summed E-state index contributed by atoms with van der Waals surface area (Å²) in [6.07, 6.45) is 2.50. The van der Waals surface area contributed by atoms with Crippen molar-refractivity contribution in [2.24, 2.45) is 0 Å². The Hall–Kier alpha value is -3.87. The molecule has 3 aromatic carbocycles. The number of aromatic nitrogens is 9. The molecule has 3 heterocycles. The lowest BCUT2D eigenvalue weighted by molar-refractivity contribution is 0.308. The van der Waals surface area contributed by atoms with Crippen LogP contribution in [0.5, 0.6) is 0 Å². The Bertz CT molecular complexity index is 1650. The first-order chi connectivity index (χ1) is 22.0. The second-order valence-corrected chi connectivity index (χ2v) is 12.8. The van der Waals surface area contributed by atoms with Gasteiger partial charge in [-0.05, 0) is 36.0 Å². The van der Waals surface area contributed by atoms with E-state index in [9.17, 15) is 0 Å². The zero-order valence-electron chi connectivity index (χ0n) is 24.5. The minimum Gasteiger partial charge on any atom is -0.302 e.